The zero-order valence-corrected chi connectivity index (χ0v) is 13.3. The van der Waals surface area contributed by atoms with Crippen molar-refractivity contribution in [2.24, 2.45) is 5.92 Å². The quantitative estimate of drug-likeness (QED) is 0.854. The lowest BCUT2D eigenvalue weighted by atomic mass is 9.87. The maximum atomic E-state index is 13.6. The van der Waals surface area contributed by atoms with E-state index >= 15 is 0 Å². The summed E-state index contributed by atoms with van der Waals surface area (Å²) in [7, 11) is 1.61. The van der Waals surface area contributed by atoms with Gasteiger partial charge in [-0.25, -0.2) is 4.39 Å². The number of carbonyl (C=O) groups excluding carboxylic acids is 1. The van der Waals surface area contributed by atoms with Gasteiger partial charge in [-0.3, -0.25) is 4.79 Å². The van der Waals surface area contributed by atoms with Crippen LogP contribution in [0.1, 0.15) is 24.8 Å². The number of anilines is 1. The molecule has 0 bridgehead atoms. The molecular formula is C19H20FNO2. The lowest BCUT2D eigenvalue weighted by Crippen LogP contribution is -2.26. The van der Waals surface area contributed by atoms with E-state index in [4.69, 9.17) is 4.74 Å². The van der Waals surface area contributed by atoms with Crippen molar-refractivity contribution in [3.8, 4) is 5.75 Å². The standard InChI is InChI=1S/C19H20FNO2/c1-3-13-12-21(16-8-5-9-17(11-16)23-2)19(22)18(13)14-6-4-7-15(20)10-14/h4-11,13,18H,3,12H2,1-2H3/t13-,18-/m1/s1. The van der Waals surface area contributed by atoms with E-state index in [2.05, 4.69) is 6.92 Å². The molecule has 2 aromatic rings. The zero-order chi connectivity index (χ0) is 16.4. The average Bonchev–Trinajstić information content (AvgIpc) is 2.91. The van der Waals surface area contributed by atoms with E-state index in [1.165, 1.54) is 12.1 Å². The third-order valence-electron chi connectivity index (χ3n) is 4.52. The Bertz CT molecular complexity index is 716. The largest absolute Gasteiger partial charge is 0.497 e. The van der Waals surface area contributed by atoms with Gasteiger partial charge >= 0.3 is 0 Å². The number of benzene rings is 2. The minimum atomic E-state index is -0.301. The van der Waals surface area contributed by atoms with Crippen LogP contribution in [0.25, 0.3) is 0 Å². The Morgan fingerprint density at radius 1 is 1.22 bits per heavy atom. The number of amides is 1. The molecule has 1 amide bonds. The van der Waals surface area contributed by atoms with Crippen LogP contribution in [-0.4, -0.2) is 19.6 Å². The van der Waals surface area contributed by atoms with Crippen molar-refractivity contribution in [2.45, 2.75) is 19.3 Å². The number of carbonyl (C=O) groups is 1. The van der Waals surface area contributed by atoms with Crippen LogP contribution >= 0.6 is 0 Å². The lowest BCUT2D eigenvalue weighted by molar-refractivity contribution is -0.118. The number of ether oxygens (including phenoxy) is 1. The highest BCUT2D eigenvalue weighted by molar-refractivity contribution is 6.00. The van der Waals surface area contributed by atoms with Crippen molar-refractivity contribution >= 4 is 11.6 Å². The van der Waals surface area contributed by atoms with Gasteiger partial charge in [-0.2, -0.15) is 0 Å². The van der Waals surface area contributed by atoms with E-state index in [-0.39, 0.29) is 23.6 Å². The van der Waals surface area contributed by atoms with Crippen molar-refractivity contribution in [1.82, 2.24) is 0 Å². The van der Waals surface area contributed by atoms with Gasteiger partial charge in [0.1, 0.15) is 11.6 Å². The summed E-state index contributed by atoms with van der Waals surface area (Å²) in [4.78, 5) is 14.7. The normalized spacial score (nSPS) is 20.8. The second-order valence-electron chi connectivity index (χ2n) is 5.85. The third kappa shape index (κ3) is 2.93. The first-order valence-electron chi connectivity index (χ1n) is 7.85. The highest BCUT2D eigenvalue weighted by Gasteiger charge is 2.41. The van der Waals surface area contributed by atoms with Gasteiger partial charge in [0.15, 0.2) is 0 Å². The molecule has 0 unspecified atom stereocenters. The fourth-order valence-corrected chi connectivity index (χ4v) is 3.29. The van der Waals surface area contributed by atoms with E-state index in [0.717, 1.165) is 23.4 Å². The molecule has 1 fully saturated rings. The molecule has 1 saturated heterocycles. The molecule has 0 saturated carbocycles. The summed E-state index contributed by atoms with van der Waals surface area (Å²) in [5, 5.41) is 0. The van der Waals surface area contributed by atoms with Gasteiger partial charge in [0.25, 0.3) is 0 Å². The van der Waals surface area contributed by atoms with Crippen molar-refractivity contribution in [2.75, 3.05) is 18.6 Å². The second-order valence-corrected chi connectivity index (χ2v) is 5.85. The minimum Gasteiger partial charge on any atom is -0.497 e. The van der Waals surface area contributed by atoms with Gasteiger partial charge in [0.2, 0.25) is 5.91 Å². The van der Waals surface area contributed by atoms with Gasteiger partial charge < -0.3 is 9.64 Å². The summed E-state index contributed by atoms with van der Waals surface area (Å²) in [6.45, 7) is 2.71. The molecule has 1 aliphatic rings. The Morgan fingerprint density at radius 2 is 2.00 bits per heavy atom. The molecule has 2 atom stereocenters. The van der Waals surface area contributed by atoms with Gasteiger partial charge in [0, 0.05) is 18.3 Å². The molecule has 0 aromatic heterocycles. The van der Waals surface area contributed by atoms with Crippen LogP contribution < -0.4 is 9.64 Å². The van der Waals surface area contributed by atoms with Crippen molar-refractivity contribution < 1.29 is 13.9 Å². The molecule has 1 aliphatic heterocycles. The van der Waals surface area contributed by atoms with Crippen molar-refractivity contribution in [3.63, 3.8) is 0 Å². The first-order valence-corrected chi connectivity index (χ1v) is 7.85. The summed E-state index contributed by atoms with van der Waals surface area (Å²) in [5.41, 5.74) is 1.58. The maximum Gasteiger partial charge on any atom is 0.234 e. The minimum absolute atomic E-state index is 0.0238. The molecule has 3 rings (SSSR count). The van der Waals surface area contributed by atoms with E-state index in [1.807, 2.05) is 30.3 Å². The van der Waals surface area contributed by atoms with Crippen LogP contribution in [0, 0.1) is 11.7 Å². The molecule has 2 aromatic carbocycles. The molecule has 0 spiro atoms. The predicted molar refractivity (Wildman–Crippen MR) is 88.3 cm³/mol. The number of hydrogen-bond acceptors (Lipinski definition) is 2. The molecule has 1 heterocycles. The van der Waals surface area contributed by atoms with Gasteiger partial charge in [-0.05, 0) is 35.7 Å². The van der Waals surface area contributed by atoms with E-state index in [1.54, 1.807) is 18.1 Å². The third-order valence-corrected chi connectivity index (χ3v) is 4.52. The van der Waals surface area contributed by atoms with Crippen LogP contribution in [0.5, 0.6) is 5.75 Å². The van der Waals surface area contributed by atoms with Crippen LogP contribution in [0.4, 0.5) is 10.1 Å². The average molecular weight is 313 g/mol. The smallest absolute Gasteiger partial charge is 0.234 e. The fourth-order valence-electron chi connectivity index (χ4n) is 3.29. The monoisotopic (exact) mass is 313 g/mol. The van der Waals surface area contributed by atoms with Gasteiger partial charge in [-0.1, -0.05) is 31.5 Å². The summed E-state index contributed by atoms with van der Waals surface area (Å²) >= 11 is 0. The lowest BCUT2D eigenvalue weighted by Gasteiger charge is -2.17. The Kier molecular flexibility index (Phi) is 4.33. The van der Waals surface area contributed by atoms with Crippen LogP contribution in [0.2, 0.25) is 0 Å². The van der Waals surface area contributed by atoms with Crippen LogP contribution in [-0.2, 0) is 4.79 Å². The Labute approximate surface area is 135 Å². The van der Waals surface area contributed by atoms with Gasteiger partial charge in [0.05, 0.1) is 13.0 Å². The fraction of sp³-hybridized carbons (Fsp3) is 0.316. The summed E-state index contributed by atoms with van der Waals surface area (Å²) in [6, 6.07) is 13.9. The zero-order valence-electron chi connectivity index (χ0n) is 13.3. The molecule has 4 heteroatoms. The predicted octanol–water partition coefficient (Wildman–Crippen LogP) is 3.99. The van der Waals surface area contributed by atoms with Crippen molar-refractivity contribution in [3.05, 3.63) is 59.9 Å². The summed E-state index contributed by atoms with van der Waals surface area (Å²) in [5.74, 6) is 0.329. The highest BCUT2D eigenvalue weighted by Crippen LogP contribution is 2.39. The van der Waals surface area contributed by atoms with Crippen LogP contribution in [0.3, 0.4) is 0 Å². The van der Waals surface area contributed by atoms with E-state index in [9.17, 15) is 9.18 Å². The first kappa shape index (κ1) is 15.5. The Hall–Kier alpha value is -2.36. The summed E-state index contributed by atoms with van der Waals surface area (Å²) < 4.78 is 18.8. The van der Waals surface area contributed by atoms with Crippen molar-refractivity contribution in [1.29, 1.82) is 0 Å². The van der Waals surface area contributed by atoms with E-state index < -0.39 is 0 Å². The van der Waals surface area contributed by atoms with Gasteiger partial charge in [-0.15, -0.1) is 0 Å². The molecule has 3 nitrogen and oxygen atoms in total. The number of methoxy groups -OCH3 is 1. The first-order chi connectivity index (χ1) is 11.1. The topological polar surface area (TPSA) is 29.5 Å². The van der Waals surface area contributed by atoms with E-state index in [0.29, 0.717) is 6.54 Å². The molecule has 0 aliphatic carbocycles. The Morgan fingerprint density at radius 3 is 2.70 bits per heavy atom. The number of halogens is 1. The molecular weight excluding hydrogens is 293 g/mol. The number of rotatable bonds is 4. The Balaban J connectivity index is 1.95. The number of nitrogens with zero attached hydrogens (tertiary/aromatic N) is 1. The molecule has 0 N–H and O–H groups in total. The second kappa shape index (κ2) is 6.41. The SMILES string of the molecule is CC[C@@H]1CN(c2cccc(OC)c2)C(=O)[C@H]1c1cccc(F)c1. The summed E-state index contributed by atoms with van der Waals surface area (Å²) in [6.07, 6.45) is 0.868. The number of hydrogen-bond donors (Lipinski definition) is 0. The molecule has 23 heavy (non-hydrogen) atoms. The molecule has 120 valence electrons. The van der Waals surface area contributed by atoms with Crippen LogP contribution in [0.15, 0.2) is 48.5 Å². The maximum absolute atomic E-state index is 13.6. The molecule has 0 radical (unpaired) electrons. The highest BCUT2D eigenvalue weighted by atomic mass is 19.1.